The number of rotatable bonds is 1. The molecule has 0 saturated carbocycles. The predicted octanol–water partition coefficient (Wildman–Crippen LogP) is 1.84. The van der Waals surface area contributed by atoms with Gasteiger partial charge in [0.25, 0.3) is 0 Å². The number of carbonyl (C=O) groups excluding carboxylic acids is 1. The number of ketones is 1. The second-order valence-electron chi connectivity index (χ2n) is 4.63. The first-order chi connectivity index (χ1) is 5.43. The van der Waals surface area contributed by atoms with E-state index in [4.69, 9.17) is 0 Å². The van der Waals surface area contributed by atoms with Crippen LogP contribution < -0.4 is 0 Å². The fraction of sp³-hybridized carbons (Fsp3) is 0.900. The molecule has 2 nitrogen and oxygen atoms in total. The minimum atomic E-state index is 0.146. The van der Waals surface area contributed by atoms with Crippen molar-refractivity contribution in [3.63, 3.8) is 0 Å². The Bertz CT molecular complexity index is 181. The van der Waals surface area contributed by atoms with Gasteiger partial charge < -0.3 is 0 Å². The quantitative estimate of drug-likeness (QED) is 0.597. The smallest absolute Gasteiger partial charge is 0.146 e. The lowest BCUT2D eigenvalue weighted by molar-refractivity contribution is -0.122. The molecule has 70 valence electrons. The molecule has 12 heavy (non-hydrogen) atoms. The molecule has 1 fully saturated rings. The molecular weight excluding hydrogens is 150 g/mol. The van der Waals surface area contributed by atoms with Gasteiger partial charge in [-0.1, -0.05) is 0 Å². The zero-order valence-electron chi connectivity index (χ0n) is 8.55. The third-order valence-corrected chi connectivity index (χ3v) is 2.58. The summed E-state index contributed by atoms with van der Waals surface area (Å²) in [6.07, 6.45) is 2.22. The third kappa shape index (κ3) is 1.86. The highest BCUT2D eigenvalue weighted by Gasteiger charge is 2.34. The van der Waals surface area contributed by atoms with E-state index in [0.29, 0.717) is 5.78 Å². The SMILES string of the molecule is CC(=O)[C@H]1CCCN1C(C)(C)C. The van der Waals surface area contributed by atoms with Crippen LogP contribution >= 0.6 is 0 Å². The van der Waals surface area contributed by atoms with Crippen LogP contribution in [0.15, 0.2) is 0 Å². The van der Waals surface area contributed by atoms with Gasteiger partial charge in [-0.15, -0.1) is 0 Å². The normalized spacial score (nSPS) is 26.2. The van der Waals surface area contributed by atoms with Gasteiger partial charge in [0.1, 0.15) is 5.78 Å². The van der Waals surface area contributed by atoms with Gasteiger partial charge in [-0.2, -0.15) is 0 Å². The minimum absolute atomic E-state index is 0.146. The molecule has 1 atom stereocenters. The van der Waals surface area contributed by atoms with Crippen LogP contribution in [0.25, 0.3) is 0 Å². The van der Waals surface area contributed by atoms with Crippen LogP contribution in [0.3, 0.4) is 0 Å². The van der Waals surface area contributed by atoms with Crippen molar-refractivity contribution in [1.29, 1.82) is 0 Å². The Balaban J connectivity index is 2.71. The highest BCUT2D eigenvalue weighted by atomic mass is 16.1. The van der Waals surface area contributed by atoms with Gasteiger partial charge in [-0.05, 0) is 47.1 Å². The van der Waals surface area contributed by atoms with Gasteiger partial charge in [-0.3, -0.25) is 9.69 Å². The fourth-order valence-electron chi connectivity index (χ4n) is 1.99. The number of carbonyl (C=O) groups is 1. The zero-order valence-corrected chi connectivity index (χ0v) is 8.55. The van der Waals surface area contributed by atoms with Crippen molar-refractivity contribution in [2.45, 2.75) is 52.1 Å². The molecule has 1 aliphatic heterocycles. The van der Waals surface area contributed by atoms with Crippen molar-refractivity contribution >= 4 is 5.78 Å². The van der Waals surface area contributed by atoms with E-state index in [9.17, 15) is 4.79 Å². The summed E-state index contributed by atoms with van der Waals surface area (Å²) in [4.78, 5) is 13.6. The van der Waals surface area contributed by atoms with Crippen molar-refractivity contribution < 1.29 is 4.79 Å². The molecule has 1 aliphatic rings. The molecule has 0 aromatic carbocycles. The maximum Gasteiger partial charge on any atom is 0.146 e. The van der Waals surface area contributed by atoms with Crippen LogP contribution in [-0.2, 0) is 4.79 Å². The van der Waals surface area contributed by atoms with Crippen molar-refractivity contribution in [3.8, 4) is 0 Å². The topological polar surface area (TPSA) is 20.3 Å². The molecule has 0 aromatic rings. The molecular formula is C10H19NO. The second kappa shape index (κ2) is 3.17. The summed E-state index contributed by atoms with van der Waals surface area (Å²) in [6.45, 7) is 9.30. The maximum absolute atomic E-state index is 11.3. The molecule has 1 heterocycles. The molecule has 0 aliphatic carbocycles. The summed E-state index contributed by atoms with van der Waals surface area (Å²) in [7, 11) is 0. The van der Waals surface area contributed by atoms with Gasteiger partial charge in [0.15, 0.2) is 0 Å². The van der Waals surface area contributed by atoms with E-state index in [1.165, 1.54) is 6.42 Å². The molecule has 0 radical (unpaired) electrons. The predicted molar refractivity (Wildman–Crippen MR) is 50.2 cm³/mol. The second-order valence-corrected chi connectivity index (χ2v) is 4.63. The lowest BCUT2D eigenvalue weighted by Gasteiger charge is -2.35. The number of hydrogen-bond acceptors (Lipinski definition) is 2. The first-order valence-corrected chi connectivity index (χ1v) is 4.70. The largest absolute Gasteiger partial charge is 0.298 e. The molecule has 2 heteroatoms. The highest BCUT2D eigenvalue weighted by molar-refractivity contribution is 5.81. The monoisotopic (exact) mass is 169 g/mol. The van der Waals surface area contributed by atoms with Crippen LogP contribution in [0.4, 0.5) is 0 Å². The summed E-state index contributed by atoms with van der Waals surface area (Å²) in [5.41, 5.74) is 0.146. The lowest BCUT2D eigenvalue weighted by Crippen LogP contribution is -2.47. The van der Waals surface area contributed by atoms with Crippen molar-refractivity contribution in [3.05, 3.63) is 0 Å². The number of likely N-dealkylation sites (tertiary alicyclic amines) is 1. The number of hydrogen-bond donors (Lipinski definition) is 0. The summed E-state index contributed by atoms with van der Waals surface area (Å²) in [6, 6.07) is 0.185. The summed E-state index contributed by atoms with van der Waals surface area (Å²) in [5, 5.41) is 0. The van der Waals surface area contributed by atoms with Crippen molar-refractivity contribution in [1.82, 2.24) is 4.90 Å². The standard InChI is InChI=1S/C10H19NO/c1-8(12)9-6-5-7-11(9)10(2,3)4/h9H,5-7H2,1-4H3/t9-/m1/s1. The van der Waals surface area contributed by atoms with E-state index in [-0.39, 0.29) is 11.6 Å². The average molecular weight is 169 g/mol. The molecule has 0 bridgehead atoms. The van der Waals surface area contributed by atoms with Crippen molar-refractivity contribution in [2.75, 3.05) is 6.54 Å². The van der Waals surface area contributed by atoms with Crippen LogP contribution in [0, 0.1) is 0 Å². The van der Waals surface area contributed by atoms with Gasteiger partial charge in [0.2, 0.25) is 0 Å². The van der Waals surface area contributed by atoms with E-state index in [2.05, 4.69) is 25.7 Å². The van der Waals surface area contributed by atoms with E-state index in [1.54, 1.807) is 6.92 Å². The molecule has 1 rings (SSSR count). The van der Waals surface area contributed by atoms with E-state index in [1.807, 2.05) is 0 Å². The number of Topliss-reactive ketones (excluding diaryl/α,β-unsaturated/α-hetero) is 1. The van der Waals surface area contributed by atoms with Gasteiger partial charge in [0, 0.05) is 5.54 Å². The average Bonchev–Trinajstić information content (AvgIpc) is 2.30. The molecule has 0 amide bonds. The Kier molecular flexibility index (Phi) is 2.57. The number of nitrogens with zero attached hydrogens (tertiary/aromatic N) is 1. The van der Waals surface area contributed by atoms with Crippen LogP contribution in [0.1, 0.15) is 40.5 Å². The van der Waals surface area contributed by atoms with E-state index >= 15 is 0 Å². The van der Waals surface area contributed by atoms with E-state index in [0.717, 1.165) is 13.0 Å². The Labute approximate surface area is 74.9 Å². The van der Waals surface area contributed by atoms with Crippen molar-refractivity contribution in [2.24, 2.45) is 0 Å². The van der Waals surface area contributed by atoms with Gasteiger partial charge in [0.05, 0.1) is 6.04 Å². The maximum atomic E-state index is 11.3. The van der Waals surface area contributed by atoms with E-state index < -0.39 is 0 Å². The zero-order chi connectivity index (χ0) is 9.35. The molecule has 0 unspecified atom stereocenters. The molecule has 0 N–H and O–H groups in total. The Morgan fingerprint density at radius 3 is 2.33 bits per heavy atom. The lowest BCUT2D eigenvalue weighted by atomic mass is 10.0. The molecule has 0 spiro atoms. The van der Waals surface area contributed by atoms with Gasteiger partial charge >= 0.3 is 0 Å². The fourth-order valence-corrected chi connectivity index (χ4v) is 1.99. The highest BCUT2D eigenvalue weighted by Crippen LogP contribution is 2.26. The van der Waals surface area contributed by atoms with Crippen LogP contribution in [0.5, 0.6) is 0 Å². The Hall–Kier alpha value is -0.370. The first-order valence-electron chi connectivity index (χ1n) is 4.70. The molecule has 0 aromatic heterocycles. The minimum Gasteiger partial charge on any atom is -0.298 e. The van der Waals surface area contributed by atoms with Crippen LogP contribution in [0.2, 0.25) is 0 Å². The van der Waals surface area contributed by atoms with Crippen LogP contribution in [-0.4, -0.2) is 28.8 Å². The third-order valence-electron chi connectivity index (χ3n) is 2.58. The molecule has 1 saturated heterocycles. The van der Waals surface area contributed by atoms with Gasteiger partial charge in [-0.25, -0.2) is 0 Å². The Morgan fingerprint density at radius 1 is 1.42 bits per heavy atom. The Morgan fingerprint density at radius 2 is 2.00 bits per heavy atom. The summed E-state index contributed by atoms with van der Waals surface area (Å²) >= 11 is 0. The summed E-state index contributed by atoms with van der Waals surface area (Å²) < 4.78 is 0. The first kappa shape index (κ1) is 9.72. The summed E-state index contributed by atoms with van der Waals surface area (Å²) in [5.74, 6) is 0.322.